The van der Waals surface area contributed by atoms with E-state index in [1.807, 2.05) is 20.8 Å². The van der Waals surface area contributed by atoms with Crippen molar-refractivity contribution in [3.8, 4) is 0 Å². The summed E-state index contributed by atoms with van der Waals surface area (Å²) in [6, 6.07) is 0. The minimum Gasteiger partial charge on any atom is -0.444 e. The van der Waals surface area contributed by atoms with Gasteiger partial charge in [0.15, 0.2) is 0 Å². The van der Waals surface area contributed by atoms with Crippen LogP contribution in [0.25, 0.3) is 0 Å². The average Bonchev–Trinajstić information content (AvgIpc) is 2.79. The summed E-state index contributed by atoms with van der Waals surface area (Å²) in [4.78, 5) is 23.3. The van der Waals surface area contributed by atoms with Gasteiger partial charge < -0.3 is 44.4 Å². The van der Waals surface area contributed by atoms with E-state index in [0.717, 1.165) is 32.2 Å². The molecule has 0 saturated heterocycles. The zero-order valence-corrected chi connectivity index (χ0v) is 22.3. The molecule has 0 aromatic heterocycles. The lowest BCUT2D eigenvalue weighted by Crippen LogP contribution is -2.36. The zero-order valence-electron chi connectivity index (χ0n) is 22.3. The summed E-state index contributed by atoms with van der Waals surface area (Å²) in [6.45, 7) is 12.4. The lowest BCUT2D eigenvalue weighted by atomic mass is 10.2. The van der Waals surface area contributed by atoms with Crippen molar-refractivity contribution in [3.63, 3.8) is 0 Å². The molecule has 0 atom stereocenters. The van der Waals surface area contributed by atoms with Crippen molar-refractivity contribution in [3.05, 3.63) is 0 Å². The number of ether oxygens (including phenoxy) is 6. The molecule has 0 bridgehead atoms. The van der Waals surface area contributed by atoms with Crippen LogP contribution in [0.4, 0.5) is 4.79 Å². The first-order chi connectivity index (χ1) is 16.8. The third-order valence-corrected chi connectivity index (χ3v) is 4.35. The second-order valence-electron chi connectivity index (χ2n) is 8.81. The molecule has 11 heteroatoms. The monoisotopic (exact) mass is 507 g/mol. The van der Waals surface area contributed by atoms with Crippen molar-refractivity contribution in [2.24, 2.45) is 0 Å². The van der Waals surface area contributed by atoms with E-state index in [9.17, 15) is 9.59 Å². The van der Waals surface area contributed by atoms with Crippen LogP contribution in [-0.4, -0.2) is 110 Å². The van der Waals surface area contributed by atoms with Crippen LogP contribution in [-0.2, 0) is 33.2 Å². The number of amides is 2. The maximum atomic E-state index is 11.8. The summed E-state index contributed by atoms with van der Waals surface area (Å²) < 4.78 is 31.5. The SMILES string of the molecule is COCCOCCOCCOCCOCCNC(=O)CNCCCCCCNC(=O)OC(C)(C)C. The maximum Gasteiger partial charge on any atom is 0.407 e. The van der Waals surface area contributed by atoms with E-state index in [2.05, 4.69) is 16.0 Å². The van der Waals surface area contributed by atoms with Gasteiger partial charge in [-0.3, -0.25) is 4.79 Å². The highest BCUT2D eigenvalue weighted by molar-refractivity contribution is 5.77. The molecule has 0 aromatic rings. The molecular formula is C24H49N3O8. The largest absolute Gasteiger partial charge is 0.444 e. The Balaban J connectivity index is 3.24. The third kappa shape index (κ3) is 28.6. The molecule has 0 aliphatic heterocycles. The summed E-state index contributed by atoms with van der Waals surface area (Å²) in [5.74, 6) is -0.0465. The molecule has 0 aliphatic carbocycles. The van der Waals surface area contributed by atoms with Crippen LogP contribution < -0.4 is 16.0 Å². The van der Waals surface area contributed by atoms with Gasteiger partial charge in [-0.2, -0.15) is 0 Å². The smallest absolute Gasteiger partial charge is 0.407 e. The van der Waals surface area contributed by atoms with Gasteiger partial charge >= 0.3 is 6.09 Å². The lowest BCUT2D eigenvalue weighted by molar-refractivity contribution is -0.120. The quantitative estimate of drug-likeness (QED) is 0.167. The van der Waals surface area contributed by atoms with Crippen molar-refractivity contribution in [1.82, 2.24) is 16.0 Å². The Hall–Kier alpha value is -1.50. The summed E-state index contributed by atoms with van der Waals surface area (Å²) in [7, 11) is 1.64. The molecule has 0 radical (unpaired) electrons. The summed E-state index contributed by atoms with van der Waals surface area (Å²) in [5, 5.41) is 8.70. The van der Waals surface area contributed by atoms with E-state index in [1.54, 1.807) is 7.11 Å². The van der Waals surface area contributed by atoms with Crippen molar-refractivity contribution >= 4 is 12.0 Å². The number of hydrogen-bond donors (Lipinski definition) is 3. The Morgan fingerprint density at radius 2 is 1.14 bits per heavy atom. The number of alkyl carbamates (subject to hydrolysis) is 1. The Morgan fingerprint density at radius 1 is 0.629 bits per heavy atom. The second-order valence-corrected chi connectivity index (χ2v) is 8.81. The first kappa shape index (κ1) is 33.5. The lowest BCUT2D eigenvalue weighted by Gasteiger charge is -2.19. The fourth-order valence-electron chi connectivity index (χ4n) is 2.66. The summed E-state index contributed by atoms with van der Waals surface area (Å²) >= 11 is 0. The first-order valence-electron chi connectivity index (χ1n) is 12.6. The predicted octanol–water partition coefficient (Wildman–Crippen LogP) is 1.49. The molecule has 0 spiro atoms. The highest BCUT2D eigenvalue weighted by Crippen LogP contribution is 2.06. The van der Waals surface area contributed by atoms with E-state index < -0.39 is 5.60 Å². The Morgan fingerprint density at radius 3 is 1.69 bits per heavy atom. The van der Waals surface area contributed by atoms with Crippen LogP contribution in [0.1, 0.15) is 46.5 Å². The minimum atomic E-state index is -0.471. The van der Waals surface area contributed by atoms with Gasteiger partial charge in [0.05, 0.1) is 66.0 Å². The van der Waals surface area contributed by atoms with Crippen molar-refractivity contribution in [1.29, 1.82) is 0 Å². The number of methoxy groups -OCH3 is 1. The number of unbranched alkanes of at least 4 members (excludes halogenated alkanes) is 3. The molecule has 0 fully saturated rings. The highest BCUT2D eigenvalue weighted by Gasteiger charge is 2.15. The molecule has 208 valence electrons. The molecule has 0 aliphatic rings. The second kappa shape index (κ2) is 24.2. The Kier molecular flexibility index (Phi) is 23.2. The maximum absolute atomic E-state index is 11.8. The molecule has 0 aromatic carbocycles. The molecule has 2 amide bonds. The molecule has 0 unspecified atom stereocenters. The van der Waals surface area contributed by atoms with Gasteiger partial charge in [-0.15, -0.1) is 0 Å². The molecule has 11 nitrogen and oxygen atoms in total. The van der Waals surface area contributed by atoms with Crippen LogP contribution in [0.2, 0.25) is 0 Å². The van der Waals surface area contributed by atoms with E-state index in [0.29, 0.717) is 79.1 Å². The van der Waals surface area contributed by atoms with E-state index in [4.69, 9.17) is 28.4 Å². The van der Waals surface area contributed by atoms with E-state index in [-0.39, 0.29) is 12.0 Å². The topological polar surface area (TPSA) is 126 Å². The summed E-state index contributed by atoms with van der Waals surface area (Å²) in [6.07, 6.45) is 3.57. The van der Waals surface area contributed by atoms with Gasteiger partial charge in [0.2, 0.25) is 5.91 Å². The van der Waals surface area contributed by atoms with Crippen LogP contribution >= 0.6 is 0 Å². The Labute approximate surface area is 211 Å². The standard InChI is InChI=1S/C24H49N3O8/c1-24(2,3)35-23(29)27-10-8-6-5-7-9-25-21-22(28)26-11-12-31-15-16-33-19-20-34-18-17-32-14-13-30-4/h25H,5-21H2,1-4H3,(H,26,28)(H,27,29). The number of nitrogens with one attached hydrogen (secondary N) is 3. The average molecular weight is 508 g/mol. The molecule has 35 heavy (non-hydrogen) atoms. The fourth-order valence-corrected chi connectivity index (χ4v) is 2.66. The van der Waals surface area contributed by atoms with Crippen LogP contribution in [0, 0.1) is 0 Å². The zero-order chi connectivity index (χ0) is 26.0. The van der Waals surface area contributed by atoms with Crippen molar-refractivity contribution in [2.45, 2.75) is 52.1 Å². The van der Waals surface area contributed by atoms with Gasteiger partial charge in [0.25, 0.3) is 0 Å². The molecule has 3 N–H and O–H groups in total. The van der Waals surface area contributed by atoms with Gasteiger partial charge in [0.1, 0.15) is 5.60 Å². The minimum absolute atomic E-state index is 0.0465. The molecular weight excluding hydrogens is 458 g/mol. The summed E-state index contributed by atoms with van der Waals surface area (Å²) in [5.41, 5.74) is -0.471. The van der Waals surface area contributed by atoms with E-state index >= 15 is 0 Å². The van der Waals surface area contributed by atoms with Gasteiger partial charge in [-0.05, 0) is 40.2 Å². The predicted molar refractivity (Wildman–Crippen MR) is 134 cm³/mol. The van der Waals surface area contributed by atoms with Crippen LogP contribution in [0.5, 0.6) is 0 Å². The fraction of sp³-hybridized carbons (Fsp3) is 0.917. The highest BCUT2D eigenvalue weighted by atomic mass is 16.6. The first-order valence-corrected chi connectivity index (χ1v) is 12.6. The van der Waals surface area contributed by atoms with Gasteiger partial charge in [0, 0.05) is 20.2 Å². The van der Waals surface area contributed by atoms with Crippen LogP contribution in [0.15, 0.2) is 0 Å². The van der Waals surface area contributed by atoms with E-state index in [1.165, 1.54) is 0 Å². The normalized spacial score (nSPS) is 11.4. The molecule has 0 rings (SSSR count). The van der Waals surface area contributed by atoms with Crippen molar-refractivity contribution < 1.29 is 38.0 Å². The number of carbonyl (C=O) groups excluding carboxylic acids is 2. The Bertz CT molecular complexity index is 504. The van der Waals surface area contributed by atoms with Gasteiger partial charge in [-0.25, -0.2) is 4.79 Å². The van der Waals surface area contributed by atoms with Gasteiger partial charge in [-0.1, -0.05) is 12.8 Å². The molecule has 0 heterocycles. The van der Waals surface area contributed by atoms with Crippen molar-refractivity contribution in [2.75, 3.05) is 92.8 Å². The molecule has 0 saturated carbocycles. The number of carbonyl (C=O) groups is 2. The third-order valence-electron chi connectivity index (χ3n) is 4.35. The number of hydrogen-bond acceptors (Lipinski definition) is 9. The van der Waals surface area contributed by atoms with Crippen LogP contribution in [0.3, 0.4) is 0 Å². The number of rotatable bonds is 24.